The lowest BCUT2D eigenvalue weighted by Crippen LogP contribution is -2.43. The minimum absolute atomic E-state index is 0.123. The predicted molar refractivity (Wildman–Crippen MR) is 63.1 cm³/mol. The Labute approximate surface area is 101 Å². The molecule has 0 aromatic rings. The number of hydrogen-bond donors (Lipinski definition) is 0. The molecule has 0 aromatic heterocycles. The Balaban J connectivity index is 5.32. The maximum absolute atomic E-state index is 11.7. The average Bonchev–Trinajstić information content (AvgIpc) is 2.03. The lowest BCUT2D eigenvalue weighted by Gasteiger charge is -2.23. The Kier molecular flexibility index (Phi) is 5.37. The highest BCUT2D eigenvalue weighted by Gasteiger charge is 2.45. The van der Waals surface area contributed by atoms with E-state index in [0.29, 0.717) is 0 Å². The van der Waals surface area contributed by atoms with Crippen LogP contribution in [0.25, 0.3) is 0 Å². The molecule has 4 nitrogen and oxygen atoms in total. The van der Waals surface area contributed by atoms with Crippen LogP contribution in [0.15, 0.2) is 0 Å². The van der Waals surface area contributed by atoms with Crippen LogP contribution >= 0.6 is 23.2 Å². The number of hydrogen-bond acceptors (Lipinski definition) is 4. The Hall–Kier alpha value is 0.480. The second-order valence-corrected chi connectivity index (χ2v) is 9.75. The van der Waals surface area contributed by atoms with E-state index in [9.17, 15) is 16.8 Å². The molecule has 0 spiro atoms. The molecule has 0 heterocycles. The lowest BCUT2D eigenvalue weighted by molar-refractivity contribution is 0.557. The maximum atomic E-state index is 11.7. The molecule has 0 amide bonds. The molecule has 15 heavy (non-hydrogen) atoms. The van der Waals surface area contributed by atoms with Gasteiger partial charge >= 0.3 is 0 Å². The molecular weight excluding hydrogens is 283 g/mol. The van der Waals surface area contributed by atoms with Crippen molar-refractivity contribution in [2.24, 2.45) is 0 Å². The number of sulfone groups is 2. The molecule has 0 radical (unpaired) electrons. The molecule has 8 heteroatoms. The van der Waals surface area contributed by atoms with Gasteiger partial charge in [0.15, 0.2) is 23.8 Å². The molecule has 0 aliphatic carbocycles. The summed E-state index contributed by atoms with van der Waals surface area (Å²) in [5.74, 6) is -0.962. The molecule has 0 saturated carbocycles. The fourth-order valence-electron chi connectivity index (χ4n) is 0.888. The van der Waals surface area contributed by atoms with Gasteiger partial charge in [-0.1, -0.05) is 0 Å². The second-order valence-electron chi connectivity index (χ2n) is 3.42. The fourth-order valence-corrected chi connectivity index (χ4v) is 5.54. The summed E-state index contributed by atoms with van der Waals surface area (Å²) in [6.07, 6.45) is 0. The van der Waals surface area contributed by atoms with Gasteiger partial charge in [0.05, 0.1) is 11.5 Å². The van der Waals surface area contributed by atoms with Gasteiger partial charge in [0.1, 0.15) is 0 Å². The number of halogens is 2. The summed E-state index contributed by atoms with van der Waals surface area (Å²) in [6, 6.07) is 0. The SMILES string of the molecule is CC(C)(S(=O)(=O)CCCl)S(=O)(=O)CCCl. The van der Waals surface area contributed by atoms with E-state index >= 15 is 0 Å². The molecule has 0 bridgehead atoms. The molecule has 0 rings (SSSR count). The van der Waals surface area contributed by atoms with Crippen LogP contribution in [0.1, 0.15) is 13.8 Å². The second kappa shape index (κ2) is 5.21. The van der Waals surface area contributed by atoms with Gasteiger partial charge in [-0.2, -0.15) is 0 Å². The third-order valence-corrected chi connectivity index (χ3v) is 9.02. The van der Waals surface area contributed by atoms with Crippen molar-refractivity contribution in [3.05, 3.63) is 0 Å². The van der Waals surface area contributed by atoms with Crippen LogP contribution in [0.5, 0.6) is 0 Å². The van der Waals surface area contributed by atoms with E-state index in [0.717, 1.165) is 13.8 Å². The van der Waals surface area contributed by atoms with Gasteiger partial charge < -0.3 is 0 Å². The first-order chi connectivity index (χ1) is 6.62. The Morgan fingerprint density at radius 2 is 1.13 bits per heavy atom. The van der Waals surface area contributed by atoms with Crippen LogP contribution in [0.4, 0.5) is 0 Å². The molecule has 0 N–H and O–H groups in total. The van der Waals surface area contributed by atoms with Crippen molar-refractivity contribution in [1.29, 1.82) is 0 Å². The van der Waals surface area contributed by atoms with Gasteiger partial charge in [-0.05, 0) is 13.8 Å². The molecular formula is C7H14Cl2O4S2. The van der Waals surface area contributed by atoms with Crippen LogP contribution in [-0.2, 0) is 19.7 Å². The van der Waals surface area contributed by atoms with Crippen LogP contribution < -0.4 is 0 Å². The quantitative estimate of drug-likeness (QED) is 0.687. The zero-order valence-electron chi connectivity index (χ0n) is 8.53. The van der Waals surface area contributed by atoms with E-state index in [4.69, 9.17) is 23.2 Å². The summed E-state index contributed by atoms with van der Waals surface area (Å²) >= 11 is 10.6. The van der Waals surface area contributed by atoms with Crippen LogP contribution in [-0.4, -0.2) is 44.2 Å². The smallest absolute Gasteiger partial charge is 0.170 e. The van der Waals surface area contributed by atoms with E-state index in [1.165, 1.54) is 0 Å². The van der Waals surface area contributed by atoms with Gasteiger partial charge in [-0.3, -0.25) is 0 Å². The molecule has 0 unspecified atom stereocenters. The third-order valence-electron chi connectivity index (χ3n) is 2.19. The Morgan fingerprint density at radius 3 is 1.33 bits per heavy atom. The highest BCUT2D eigenvalue weighted by Crippen LogP contribution is 2.25. The first kappa shape index (κ1) is 15.5. The Morgan fingerprint density at radius 1 is 0.867 bits per heavy atom. The lowest BCUT2D eigenvalue weighted by atomic mass is 10.5. The maximum Gasteiger partial charge on any atom is 0.170 e. The number of rotatable bonds is 6. The number of alkyl halides is 2. The highest BCUT2D eigenvalue weighted by atomic mass is 35.5. The summed E-state index contributed by atoms with van der Waals surface area (Å²) in [7, 11) is -7.54. The van der Waals surface area contributed by atoms with E-state index in [-0.39, 0.29) is 23.3 Å². The summed E-state index contributed by atoms with van der Waals surface area (Å²) in [4.78, 5) is 0. The molecule has 0 atom stereocenters. The van der Waals surface area contributed by atoms with Crippen molar-refractivity contribution in [2.45, 2.75) is 17.9 Å². The minimum Gasteiger partial charge on any atom is -0.227 e. The van der Waals surface area contributed by atoms with Crippen molar-refractivity contribution < 1.29 is 16.8 Å². The van der Waals surface area contributed by atoms with Crippen molar-refractivity contribution in [3.63, 3.8) is 0 Å². The average molecular weight is 297 g/mol. The van der Waals surface area contributed by atoms with Crippen LogP contribution in [0.2, 0.25) is 0 Å². The van der Waals surface area contributed by atoms with E-state index < -0.39 is 23.8 Å². The summed E-state index contributed by atoms with van der Waals surface area (Å²) in [5.41, 5.74) is 0. The summed E-state index contributed by atoms with van der Waals surface area (Å²) < 4.78 is 44.8. The monoisotopic (exact) mass is 296 g/mol. The normalized spacial score (nSPS) is 14.1. The van der Waals surface area contributed by atoms with Gasteiger partial charge in [-0.15, -0.1) is 23.2 Å². The molecule has 0 fully saturated rings. The summed E-state index contributed by atoms with van der Waals surface area (Å²) in [6.45, 7) is 2.33. The van der Waals surface area contributed by atoms with E-state index in [2.05, 4.69) is 0 Å². The molecule has 0 saturated heterocycles. The molecule has 0 aliphatic rings. The largest absolute Gasteiger partial charge is 0.227 e. The third kappa shape index (κ3) is 3.22. The molecule has 0 aromatic carbocycles. The standard InChI is InChI=1S/C7H14Cl2O4S2/c1-7(2,14(10,11)5-3-8)15(12,13)6-4-9/h3-6H2,1-2H3. The zero-order chi connectivity index (χ0) is 12.3. The van der Waals surface area contributed by atoms with Gasteiger partial charge in [0, 0.05) is 11.8 Å². The minimum atomic E-state index is -3.77. The van der Waals surface area contributed by atoms with Gasteiger partial charge in [0.25, 0.3) is 0 Å². The van der Waals surface area contributed by atoms with Gasteiger partial charge in [-0.25, -0.2) is 16.8 Å². The topological polar surface area (TPSA) is 68.3 Å². The first-order valence-corrected chi connectivity index (χ1v) is 8.56. The van der Waals surface area contributed by atoms with Crippen molar-refractivity contribution in [2.75, 3.05) is 23.3 Å². The molecule has 92 valence electrons. The summed E-state index contributed by atoms with van der Waals surface area (Å²) in [5, 5.41) is 0. The molecule has 0 aliphatic heterocycles. The van der Waals surface area contributed by atoms with Crippen molar-refractivity contribution >= 4 is 42.9 Å². The van der Waals surface area contributed by atoms with Crippen LogP contribution in [0.3, 0.4) is 0 Å². The van der Waals surface area contributed by atoms with Gasteiger partial charge in [0.2, 0.25) is 0 Å². The zero-order valence-corrected chi connectivity index (χ0v) is 11.7. The highest BCUT2D eigenvalue weighted by molar-refractivity contribution is 8.10. The van der Waals surface area contributed by atoms with E-state index in [1.54, 1.807) is 0 Å². The van der Waals surface area contributed by atoms with E-state index in [1.807, 2.05) is 0 Å². The first-order valence-electron chi connectivity index (χ1n) is 4.19. The van der Waals surface area contributed by atoms with Crippen molar-refractivity contribution in [1.82, 2.24) is 0 Å². The Bertz CT molecular complexity index is 359. The van der Waals surface area contributed by atoms with Crippen LogP contribution in [0, 0.1) is 0 Å². The fraction of sp³-hybridized carbons (Fsp3) is 1.00. The van der Waals surface area contributed by atoms with Crippen molar-refractivity contribution in [3.8, 4) is 0 Å². The predicted octanol–water partition coefficient (Wildman–Crippen LogP) is 1.03.